The highest BCUT2D eigenvalue weighted by Gasteiger charge is 2.47. The monoisotopic (exact) mass is 370 g/mol. The van der Waals surface area contributed by atoms with Gasteiger partial charge in [0.2, 0.25) is 0 Å². The summed E-state index contributed by atoms with van der Waals surface area (Å²) in [5, 5.41) is 0. The van der Waals surface area contributed by atoms with Gasteiger partial charge in [0, 0.05) is 18.1 Å². The first-order valence-corrected chi connectivity index (χ1v) is 9.66. The molecule has 0 aromatic heterocycles. The number of rotatable bonds is 5. The molecule has 2 aliphatic carbocycles. The van der Waals surface area contributed by atoms with Crippen LogP contribution < -0.4 is 4.74 Å². The van der Waals surface area contributed by atoms with Crippen molar-refractivity contribution < 1.29 is 22.3 Å². The maximum Gasteiger partial charge on any atom is 0.194 e. The molecule has 1 atom stereocenters. The highest BCUT2D eigenvalue weighted by Crippen LogP contribution is 2.47. The molecule has 1 fully saturated rings. The Morgan fingerprint density at radius 3 is 2.27 bits per heavy atom. The fraction of sp³-hybridized carbons (Fsp3) is 0.619. The number of hydrogen-bond donors (Lipinski definition) is 0. The van der Waals surface area contributed by atoms with E-state index in [1.807, 2.05) is 0 Å². The third-order valence-corrected chi connectivity index (χ3v) is 5.94. The molecule has 3 rings (SSSR count). The fourth-order valence-corrected chi connectivity index (χ4v) is 4.60. The summed E-state index contributed by atoms with van der Waals surface area (Å²) in [6, 6.07) is 1.62. The van der Waals surface area contributed by atoms with Gasteiger partial charge in [-0.15, -0.1) is 0 Å². The summed E-state index contributed by atoms with van der Waals surface area (Å²) in [6.07, 6.45) is 9.40. The van der Waals surface area contributed by atoms with Crippen LogP contribution in [0.1, 0.15) is 64.7 Å². The molecular formula is C21H26F4O. The molecule has 0 aliphatic heterocycles. The lowest BCUT2D eigenvalue weighted by Gasteiger charge is -2.44. The van der Waals surface area contributed by atoms with E-state index in [4.69, 9.17) is 4.74 Å². The van der Waals surface area contributed by atoms with E-state index in [0.717, 1.165) is 50.7 Å². The van der Waals surface area contributed by atoms with Crippen molar-refractivity contribution in [3.05, 3.63) is 41.5 Å². The first kappa shape index (κ1) is 19.2. The molecule has 1 unspecified atom stereocenters. The Hall–Kier alpha value is -1.52. The standard InChI is InChI=1S/C21H26F4O/c1-2-5-14-7-9-15(10-8-14)21(11-4-3-6-19(21)24)26-16-12-17(22)20(25)18(23)13-16/h6,12-15H,2-5,7-11H2,1H3. The molecule has 0 N–H and O–H groups in total. The summed E-state index contributed by atoms with van der Waals surface area (Å²) in [7, 11) is 0. The largest absolute Gasteiger partial charge is 0.480 e. The molecule has 1 nitrogen and oxygen atoms in total. The lowest BCUT2D eigenvalue weighted by atomic mass is 9.69. The number of benzene rings is 1. The third kappa shape index (κ3) is 3.77. The SMILES string of the molecule is CCCC1CCC(C2(Oc3cc(F)c(F)c(F)c3)CCCC=C2F)CC1. The van der Waals surface area contributed by atoms with Gasteiger partial charge in [-0.1, -0.05) is 32.6 Å². The minimum absolute atomic E-state index is 0.0386. The second kappa shape index (κ2) is 8.01. The van der Waals surface area contributed by atoms with Crippen LogP contribution in [-0.2, 0) is 0 Å². The summed E-state index contributed by atoms with van der Waals surface area (Å²) in [5.74, 6) is -4.06. The molecule has 5 heteroatoms. The lowest BCUT2D eigenvalue weighted by molar-refractivity contribution is -0.0146. The molecule has 26 heavy (non-hydrogen) atoms. The van der Waals surface area contributed by atoms with Gasteiger partial charge in [0.05, 0.1) is 0 Å². The molecule has 1 aromatic carbocycles. The van der Waals surface area contributed by atoms with Crippen LogP contribution >= 0.6 is 0 Å². The van der Waals surface area contributed by atoms with Crippen molar-refractivity contribution in [2.75, 3.05) is 0 Å². The predicted molar refractivity (Wildman–Crippen MR) is 93.1 cm³/mol. The quantitative estimate of drug-likeness (QED) is 0.406. The van der Waals surface area contributed by atoms with Crippen molar-refractivity contribution in [1.82, 2.24) is 0 Å². The van der Waals surface area contributed by atoms with Crippen LogP contribution in [0.4, 0.5) is 17.6 Å². The molecule has 0 spiro atoms. The van der Waals surface area contributed by atoms with E-state index in [9.17, 15) is 17.6 Å². The van der Waals surface area contributed by atoms with Gasteiger partial charge in [0.15, 0.2) is 23.1 Å². The smallest absolute Gasteiger partial charge is 0.194 e. The number of hydrogen-bond acceptors (Lipinski definition) is 1. The third-order valence-electron chi connectivity index (χ3n) is 5.94. The van der Waals surface area contributed by atoms with E-state index >= 15 is 0 Å². The second-order valence-corrected chi connectivity index (χ2v) is 7.64. The van der Waals surface area contributed by atoms with Crippen molar-refractivity contribution in [1.29, 1.82) is 0 Å². The van der Waals surface area contributed by atoms with Crippen molar-refractivity contribution in [3.63, 3.8) is 0 Å². The van der Waals surface area contributed by atoms with E-state index in [1.54, 1.807) is 0 Å². The normalized spacial score (nSPS) is 29.3. The average Bonchev–Trinajstić information content (AvgIpc) is 2.62. The number of allylic oxidation sites excluding steroid dienone is 1. The van der Waals surface area contributed by atoms with Crippen LogP contribution in [0.3, 0.4) is 0 Å². The van der Waals surface area contributed by atoms with Gasteiger partial charge < -0.3 is 4.74 Å². The molecule has 0 heterocycles. The van der Waals surface area contributed by atoms with Crippen molar-refractivity contribution in [2.24, 2.45) is 11.8 Å². The molecule has 144 valence electrons. The zero-order valence-electron chi connectivity index (χ0n) is 15.2. The Labute approximate surface area is 152 Å². The highest BCUT2D eigenvalue weighted by atomic mass is 19.2. The molecule has 2 aliphatic rings. The Balaban J connectivity index is 1.86. The lowest BCUT2D eigenvalue weighted by Crippen LogP contribution is -2.47. The zero-order valence-corrected chi connectivity index (χ0v) is 15.2. The van der Waals surface area contributed by atoms with Crippen LogP contribution in [0.2, 0.25) is 0 Å². The van der Waals surface area contributed by atoms with Gasteiger partial charge >= 0.3 is 0 Å². The molecular weight excluding hydrogens is 344 g/mol. The molecule has 0 saturated heterocycles. The molecule has 0 amide bonds. The zero-order chi connectivity index (χ0) is 18.7. The minimum atomic E-state index is -1.54. The van der Waals surface area contributed by atoms with E-state index < -0.39 is 23.1 Å². The van der Waals surface area contributed by atoms with Crippen molar-refractivity contribution >= 4 is 0 Å². The fourth-order valence-electron chi connectivity index (χ4n) is 4.60. The summed E-state index contributed by atoms with van der Waals surface area (Å²) in [5.41, 5.74) is -1.19. The summed E-state index contributed by atoms with van der Waals surface area (Å²) < 4.78 is 61.3. The first-order valence-electron chi connectivity index (χ1n) is 9.66. The van der Waals surface area contributed by atoms with Gasteiger partial charge in [-0.2, -0.15) is 0 Å². The average molecular weight is 370 g/mol. The first-order chi connectivity index (χ1) is 12.5. The number of halogens is 4. The molecule has 1 saturated carbocycles. The van der Waals surface area contributed by atoms with Crippen LogP contribution in [0, 0.1) is 29.3 Å². The Kier molecular flexibility index (Phi) is 5.93. The Morgan fingerprint density at radius 1 is 1.04 bits per heavy atom. The van der Waals surface area contributed by atoms with Gasteiger partial charge in [-0.25, -0.2) is 17.6 Å². The van der Waals surface area contributed by atoms with Crippen LogP contribution in [-0.4, -0.2) is 5.60 Å². The van der Waals surface area contributed by atoms with Crippen LogP contribution in [0.15, 0.2) is 24.0 Å². The predicted octanol–water partition coefficient (Wildman–Crippen LogP) is 6.87. The van der Waals surface area contributed by atoms with Crippen LogP contribution in [0.25, 0.3) is 0 Å². The van der Waals surface area contributed by atoms with Crippen molar-refractivity contribution in [3.8, 4) is 5.75 Å². The Bertz CT molecular complexity index is 641. The molecule has 0 radical (unpaired) electrons. The van der Waals surface area contributed by atoms with Crippen molar-refractivity contribution in [2.45, 2.75) is 70.3 Å². The summed E-state index contributed by atoms with van der Waals surface area (Å²) in [4.78, 5) is 0. The second-order valence-electron chi connectivity index (χ2n) is 7.64. The maximum atomic E-state index is 15.0. The van der Waals surface area contributed by atoms with E-state index in [1.165, 1.54) is 12.5 Å². The minimum Gasteiger partial charge on any atom is -0.480 e. The van der Waals surface area contributed by atoms with E-state index in [-0.39, 0.29) is 17.5 Å². The molecule has 0 bridgehead atoms. The van der Waals surface area contributed by atoms with E-state index in [2.05, 4.69) is 6.92 Å². The van der Waals surface area contributed by atoms with Gasteiger partial charge in [0.25, 0.3) is 0 Å². The summed E-state index contributed by atoms with van der Waals surface area (Å²) in [6.45, 7) is 2.16. The Morgan fingerprint density at radius 2 is 1.69 bits per heavy atom. The number of ether oxygens (including phenoxy) is 1. The molecule has 1 aromatic rings. The van der Waals surface area contributed by atoms with Gasteiger partial charge in [-0.3, -0.25) is 0 Å². The van der Waals surface area contributed by atoms with E-state index in [0.29, 0.717) is 18.8 Å². The summed E-state index contributed by atoms with van der Waals surface area (Å²) >= 11 is 0. The van der Waals surface area contributed by atoms with Crippen LogP contribution in [0.5, 0.6) is 5.75 Å². The maximum absolute atomic E-state index is 15.0. The topological polar surface area (TPSA) is 9.23 Å². The highest BCUT2D eigenvalue weighted by molar-refractivity contribution is 5.29. The van der Waals surface area contributed by atoms with Gasteiger partial charge in [0.1, 0.15) is 11.6 Å². The van der Waals surface area contributed by atoms with Gasteiger partial charge in [-0.05, 0) is 44.1 Å².